The van der Waals surface area contributed by atoms with Gasteiger partial charge in [0.25, 0.3) is 0 Å². The van der Waals surface area contributed by atoms with E-state index in [4.69, 9.17) is 28.9 Å². The van der Waals surface area contributed by atoms with E-state index < -0.39 is 0 Å². The molecule has 0 saturated heterocycles. The lowest BCUT2D eigenvalue weighted by Crippen LogP contribution is -2.11. The average molecular weight is 351 g/mol. The second-order valence-corrected chi connectivity index (χ2v) is 6.95. The van der Waals surface area contributed by atoms with Gasteiger partial charge in [0, 0.05) is 15.9 Å². The predicted molar refractivity (Wildman–Crippen MR) is 79.1 cm³/mol. The van der Waals surface area contributed by atoms with E-state index in [0.717, 1.165) is 25.1 Å². The third kappa shape index (κ3) is 3.46. The monoisotopic (exact) mass is 349 g/mol. The van der Waals surface area contributed by atoms with Crippen LogP contribution in [0.4, 0.5) is 0 Å². The van der Waals surface area contributed by atoms with Crippen molar-refractivity contribution in [3.05, 3.63) is 54.6 Å². The molecule has 1 unspecified atom stereocenters. The SMILES string of the molecule is NC(Cc1ccc(Cl)cc1)c1cc(Cl)c(Br)s1. The van der Waals surface area contributed by atoms with E-state index in [9.17, 15) is 0 Å². The first-order valence-electron chi connectivity index (χ1n) is 5.01. The molecule has 1 heterocycles. The number of nitrogens with two attached hydrogens (primary N) is 1. The first-order valence-corrected chi connectivity index (χ1v) is 7.37. The van der Waals surface area contributed by atoms with Crippen LogP contribution < -0.4 is 5.73 Å². The van der Waals surface area contributed by atoms with Crippen LogP contribution in [0.3, 0.4) is 0 Å². The van der Waals surface area contributed by atoms with E-state index >= 15 is 0 Å². The van der Waals surface area contributed by atoms with Gasteiger partial charge in [0.1, 0.15) is 0 Å². The molecule has 17 heavy (non-hydrogen) atoms. The maximum atomic E-state index is 6.15. The summed E-state index contributed by atoms with van der Waals surface area (Å²) in [5, 5.41) is 1.46. The Labute approximate surface area is 123 Å². The minimum atomic E-state index is -0.0371. The van der Waals surface area contributed by atoms with Gasteiger partial charge in [0.05, 0.1) is 8.81 Å². The molecule has 90 valence electrons. The van der Waals surface area contributed by atoms with Crippen molar-refractivity contribution in [3.63, 3.8) is 0 Å². The Balaban J connectivity index is 2.11. The van der Waals surface area contributed by atoms with Crippen LogP contribution in [0, 0.1) is 0 Å². The van der Waals surface area contributed by atoms with E-state index in [2.05, 4.69) is 15.9 Å². The summed E-state index contributed by atoms with van der Waals surface area (Å²) in [6, 6.07) is 9.61. The summed E-state index contributed by atoms with van der Waals surface area (Å²) < 4.78 is 0.931. The standard InChI is InChI=1S/C12H10BrCl2NS/c13-12-9(15)6-11(17-12)10(16)5-7-1-3-8(14)4-2-7/h1-4,6,10H,5,16H2. The summed E-state index contributed by atoms with van der Waals surface area (Å²) in [5.74, 6) is 0. The largest absolute Gasteiger partial charge is 0.323 e. The zero-order chi connectivity index (χ0) is 12.4. The van der Waals surface area contributed by atoms with Crippen LogP contribution in [0.15, 0.2) is 34.1 Å². The lowest BCUT2D eigenvalue weighted by Gasteiger charge is -2.09. The molecule has 0 fully saturated rings. The van der Waals surface area contributed by atoms with Crippen LogP contribution in [-0.2, 0) is 6.42 Å². The van der Waals surface area contributed by atoms with Crippen LogP contribution in [0.1, 0.15) is 16.5 Å². The molecular weight excluding hydrogens is 341 g/mol. The number of thiophene rings is 1. The van der Waals surface area contributed by atoms with Gasteiger partial charge in [-0.2, -0.15) is 0 Å². The lowest BCUT2D eigenvalue weighted by molar-refractivity contribution is 0.736. The molecule has 1 atom stereocenters. The molecule has 0 aliphatic rings. The van der Waals surface area contributed by atoms with Crippen molar-refractivity contribution in [1.82, 2.24) is 0 Å². The Bertz CT molecular complexity index is 490. The summed E-state index contributed by atoms with van der Waals surface area (Å²) in [6.07, 6.45) is 0.778. The van der Waals surface area contributed by atoms with Gasteiger partial charge >= 0.3 is 0 Å². The summed E-state index contributed by atoms with van der Waals surface area (Å²) in [6.45, 7) is 0. The van der Waals surface area contributed by atoms with Crippen molar-refractivity contribution in [3.8, 4) is 0 Å². The Morgan fingerprint density at radius 3 is 2.41 bits per heavy atom. The third-order valence-corrected chi connectivity index (χ3v) is 5.26. The number of hydrogen-bond donors (Lipinski definition) is 1. The van der Waals surface area contributed by atoms with Crippen LogP contribution in [0.2, 0.25) is 10.0 Å². The fourth-order valence-electron chi connectivity index (χ4n) is 1.52. The summed E-state index contributed by atoms with van der Waals surface area (Å²) in [4.78, 5) is 1.08. The van der Waals surface area contributed by atoms with Crippen LogP contribution in [-0.4, -0.2) is 0 Å². The maximum absolute atomic E-state index is 6.15. The second kappa shape index (κ2) is 5.72. The highest BCUT2D eigenvalue weighted by Crippen LogP contribution is 2.35. The van der Waals surface area contributed by atoms with E-state index in [1.54, 1.807) is 11.3 Å². The van der Waals surface area contributed by atoms with Crippen LogP contribution in [0.25, 0.3) is 0 Å². The summed E-state index contributed by atoms with van der Waals surface area (Å²) >= 11 is 16.8. The number of rotatable bonds is 3. The topological polar surface area (TPSA) is 26.0 Å². The van der Waals surface area contributed by atoms with Crippen molar-refractivity contribution < 1.29 is 0 Å². The zero-order valence-electron chi connectivity index (χ0n) is 8.79. The lowest BCUT2D eigenvalue weighted by atomic mass is 10.1. The Hall–Kier alpha value is -0.0600. The Morgan fingerprint density at radius 1 is 1.24 bits per heavy atom. The summed E-state index contributed by atoms with van der Waals surface area (Å²) in [5.41, 5.74) is 7.31. The molecule has 1 nitrogen and oxygen atoms in total. The molecule has 1 aromatic carbocycles. The average Bonchev–Trinajstić information content (AvgIpc) is 2.63. The molecule has 0 aliphatic carbocycles. The first-order chi connectivity index (χ1) is 8.06. The van der Waals surface area contributed by atoms with E-state index in [0.29, 0.717) is 0 Å². The quantitative estimate of drug-likeness (QED) is 0.822. The fraction of sp³-hybridized carbons (Fsp3) is 0.167. The molecule has 2 rings (SSSR count). The molecule has 2 aromatic rings. The van der Waals surface area contributed by atoms with Crippen molar-refractivity contribution in [2.75, 3.05) is 0 Å². The van der Waals surface area contributed by atoms with E-state index in [1.807, 2.05) is 30.3 Å². The fourth-order valence-corrected chi connectivity index (χ4v) is 3.40. The van der Waals surface area contributed by atoms with Gasteiger partial charge in [0.2, 0.25) is 0 Å². The van der Waals surface area contributed by atoms with Crippen molar-refractivity contribution in [2.24, 2.45) is 5.73 Å². The number of halogens is 3. The van der Waals surface area contributed by atoms with Gasteiger partial charge in [-0.15, -0.1) is 11.3 Å². The molecule has 0 amide bonds. The van der Waals surface area contributed by atoms with Gasteiger partial charge in [-0.3, -0.25) is 0 Å². The predicted octanol–water partition coefficient (Wildman–Crippen LogP) is 5.06. The Morgan fingerprint density at radius 2 is 1.88 bits per heavy atom. The molecule has 0 saturated carbocycles. The third-order valence-electron chi connectivity index (χ3n) is 2.40. The van der Waals surface area contributed by atoms with Gasteiger partial charge in [-0.05, 0) is 46.1 Å². The van der Waals surface area contributed by atoms with E-state index in [-0.39, 0.29) is 6.04 Å². The molecule has 0 radical (unpaired) electrons. The van der Waals surface area contributed by atoms with E-state index in [1.165, 1.54) is 5.56 Å². The van der Waals surface area contributed by atoms with Crippen molar-refractivity contribution in [1.29, 1.82) is 0 Å². The zero-order valence-corrected chi connectivity index (χ0v) is 12.7. The minimum Gasteiger partial charge on any atom is -0.323 e. The highest BCUT2D eigenvalue weighted by Gasteiger charge is 2.12. The van der Waals surface area contributed by atoms with Gasteiger partial charge in [-0.1, -0.05) is 35.3 Å². The number of benzene rings is 1. The molecule has 0 bridgehead atoms. The molecular formula is C12H10BrCl2NS. The first kappa shape index (κ1) is 13.4. The van der Waals surface area contributed by atoms with Crippen LogP contribution in [0.5, 0.6) is 0 Å². The van der Waals surface area contributed by atoms with Gasteiger partial charge < -0.3 is 5.73 Å². The normalized spacial score (nSPS) is 12.7. The van der Waals surface area contributed by atoms with Crippen molar-refractivity contribution >= 4 is 50.5 Å². The molecule has 2 N–H and O–H groups in total. The smallest absolute Gasteiger partial charge is 0.0887 e. The summed E-state index contributed by atoms with van der Waals surface area (Å²) in [7, 11) is 0. The van der Waals surface area contributed by atoms with Gasteiger partial charge in [0.15, 0.2) is 0 Å². The van der Waals surface area contributed by atoms with Crippen molar-refractivity contribution in [2.45, 2.75) is 12.5 Å². The molecule has 5 heteroatoms. The second-order valence-electron chi connectivity index (χ2n) is 3.71. The molecule has 0 aliphatic heterocycles. The Kier molecular flexibility index (Phi) is 4.50. The molecule has 1 aromatic heterocycles. The highest BCUT2D eigenvalue weighted by molar-refractivity contribution is 9.11. The van der Waals surface area contributed by atoms with Gasteiger partial charge in [-0.25, -0.2) is 0 Å². The van der Waals surface area contributed by atoms with Crippen LogP contribution >= 0.6 is 50.5 Å². The minimum absolute atomic E-state index is 0.0371. The maximum Gasteiger partial charge on any atom is 0.0887 e. The number of hydrogen-bond acceptors (Lipinski definition) is 2. The molecule has 0 spiro atoms. The highest BCUT2D eigenvalue weighted by atomic mass is 79.9.